The van der Waals surface area contributed by atoms with Crippen molar-refractivity contribution in [1.82, 2.24) is 0 Å². The average molecular weight is 282 g/mol. The smallest absolute Gasteiger partial charge is 0.209 e. The monoisotopic (exact) mass is 281 g/mol. The second kappa shape index (κ2) is 5.52. The number of nitrogens with two attached hydrogens (primary N) is 2. The van der Waals surface area contributed by atoms with Gasteiger partial charge in [0, 0.05) is 12.6 Å². The van der Waals surface area contributed by atoms with Gasteiger partial charge in [-0.15, -0.1) is 0 Å². The van der Waals surface area contributed by atoms with Crippen molar-refractivity contribution in [2.45, 2.75) is 6.42 Å². The minimum atomic E-state index is -3.46. The number of anilines is 2. The molecule has 0 unspecified atom stereocenters. The molecule has 0 aliphatic carbocycles. The van der Waals surface area contributed by atoms with Crippen LogP contribution in [0.5, 0.6) is 0 Å². The lowest BCUT2D eigenvalue weighted by Crippen LogP contribution is -2.18. The molecule has 0 amide bonds. The van der Waals surface area contributed by atoms with Gasteiger partial charge < -0.3 is 11.1 Å². The van der Waals surface area contributed by atoms with E-state index in [0.29, 0.717) is 18.7 Å². The molecule has 0 aliphatic rings. The third-order valence-corrected chi connectivity index (χ3v) is 3.16. The highest BCUT2D eigenvalue weighted by Gasteiger charge is 2.06. The molecule has 96 valence electrons. The molecule has 1 rings (SSSR count). The van der Waals surface area contributed by atoms with Crippen LogP contribution in [0.25, 0.3) is 0 Å². The maximum atomic E-state index is 13.0. The predicted octanol–water partition coefficient (Wildman–Crippen LogP) is 1.15. The Morgan fingerprint density at radius 3 is 2.65 bits per heavy atom. The Balaban J connectivity index is 2.55. The van der Waals surface area contributed by atoms with Crippen LogP contribution in [0, 0.1) is 5.82 Å². The molecule has 5 N–H and O–H groups in total. The molecule has 8 heteroatoms. The molecule has 0 radical (unpaired) electrons. The fraction of sp³-hybridized carbons (Fsp3) is 0.333. The van der Waals surface area contributed by atoms with Crippen molar-refractivity contribution in [2.24, 2.45) is 5.14 Å². The molecule has 0 spiro atoms. The van der Waals surface area contributed by atoms with E-state index in [-0.39, 0.29) is 16.5 Å². The van der Waals surface area contributed by atoms with Gasteiger partial charge in [0.2, 0.25) is 10.0 Å². The van der Waals surface area contributed by atoms with Gasteiger partial charge in [0.05, 0.1) is 22.2 Å². The molecule has 0 fully saturated rings. The van der Waals surface area contributed by atoms with Crippen LogP contribution in [0.1, 0.15) is 6.42 Å². The number of sulfonamides is 1. The highest BCUT2D eigenvalue weighted by molar-refractivity contribution is 7.89. The van der Waals surface area contributed by atoms with E-state index < -0.39 is 15.8 Å². The van der Waals surface area contributed by atoms with Crippen molar-refractivity contribution in [3.05, 3.63) is 23.0 Å². The van der Waals surface area contributed by atoms with Crippen LogP contribution in [0.3, 0.4) is 0 Å². The lowest BCUT2D eigenvalue weighted by molar-refractivity contribution is 0.596. The van der Waals surface area contributed by atoms with Gasteiger partial charge in [0.25, 0.3) is 0 Å². The zero-order valence-electron chi connectivity index (χ0n) is 8.91. The number of nitrogens with one attached hydrogen (secondary N) is 1. The van der Waals surface area contributed by atoms with E-state index in [4.69, 9.17) is 22.5 Å². The van der Waals surface area contributed by atoms with Crippen LogP contribution in [-0.4, -0.2) is 20.7 Å². The summed E-state index contributed by atoms with van der Waals surface area (Å²) in [7, 11) is -3.46. The van der Waals surface area contributed by atoms with Crippen LogP contribution < -0.4 is 16.2 Å². The Kier molecular flexibility index (Phi) is 4.55. The fourth-order valence-electron chi connectivity index (χ4n) is 1.21. The Labute approximate surface area is 104 Å². The van der Waals surface area contributed by atoms with E-state index in [2.05, 4.69) is 5.32 Å². The fourth-order valence-corrected chi connectivity index (χ4v) is 1.92. The van der Waals surface area contributed by atoms with Crippen LogP contribution >= 0.6 is 11.6 Å². The van der Waals surface area contributed by atoms with E-state index in [0.717, 1.165) is 6.07 Å². The van der Waals surface area contributed by atoms with Crippen LogP contribution in [0.4, 0.5) is 15.8 Å². The van der Waals surface area contributed by atoms with Crippen molar-refractivity contribution in [3.8, 4) is 0 Å². The molecule has 0 saturated heterocycles. The first-order valence-electron chi connectivity index (χ1n) is 4.78. The second-order valence-electron chi connectivity index (χ2n) is 3.50. The summed E-state index contributed by atoms with van der Waals surface area (Å²) < 4.78 is 34.3. The molecule has 0 bridgehead atoms. The Bertz CT molecular complexity index is 507. The molecule has 17 heavy (non-hydrogen) atoms. The van der Waals surface area contributed by atoms with Crippen molar-refractivity contribution < 1.29 is 12.8 Å². The second-order valence-corrected chi connectivity index (χ2v) is 5.64. The van der Waals surface area contributed by atoms with Gasteiger partial charge in [0.15, 0.2) is 0 Å². The van der Waals surface area contributed by atoms with Gasteiger partial charge in [-0.3, -0.25) is 0 Å². The van der Waals surface area contributed by atoms with Gasteiger partial charge in [-0.25, -0.2) is 17.9 Å². The molecule has 5 nitrogen and oxygen atoms in total. The third-order valence-electron chi connectivity index (χ3n) is 2.01. The van der Waals surface area contributed by atoms with E-state index in [1.807, 2.05) is 0 Å². The molecule has 0 atom stereocenters. The summed E-state index contributed by atoms with van der Waals surface area (Å²) in [6.45, 7) is 0.350. The lowest BCUT2D eigenvalue weighted by atomic mass is 10.2. The highest BCUT2D eigenvalue weighted by atomic mass is 35.5. The number of rotatable bonds is 5. The van der Waals surface area contributed by atoms with Crippen molar-refractivity contribution in [1.29, 1.82) is 0 Å². The number of primary sulfonamides is 1. The predicted molar refractivity (Wildman–Crippen MR) is 66.9 cm³/mol. The van der Waals surface area contributed by atoms with Crippen LogP contribution in [-0.2, 0) is 10.0 Å². The summed E-state index contributed by atoms with van der Waals surface area (Å²) in [6.07, 6.45) is 0.327. The molecule has 0 aromatic heterocycles. The summed E-state index contributed by atoms with van der Waals surface area (Å²) in [5.74, 6) is -0.728. The summed E-state index contributed by atoms with van der Waals surface area (Å²) in [5.41, 5.74) is 6.23. The third kappa shape index (κ3) is 4.76. The zero-order valence-corrected chi connectivity index (χ0v) is 10.5. The molecule has 1 aromatic carbocycles. The lowest BCUT2D eigenvalue weighted by Gasteiger charge is -2.09. The molecule has 1 aromatic rings. The topological polar surface area (TPSA) is 98.2 Å². The molecular weight excluding hydrogens is 269 g/mol. The van der Waals surface area contributed by atoms with Gasteiger partial charge in [-0.05, 0) is 12.5 Å². The molecule has 0 heterocycles. The Hall–Kier alpha value is -1.05. The maximum Gasteiger partial charge on any atom is 0.209 e. The van der Waals surface area contributed by atoms with Gasteiger partial charge in [-0.2, -0.15) is 0 Å². The minimum absolute atomic E-state index is 0.0480. The summed E-state index contributed by atoms with van der Waals surface area (Å²) in [6, 6.07) is 2.45. The number of benzene rings is 1. The maximum absolute atomic E-state index is 13.0. The van der Waals surface area contributed by atoms with E-state index >= 15 is 0 Å². The normalized spacial score (nSPS) is 11.5. The molecular formula is C9H13ClFN3O2S. The molecule has 0 aliphatic heterocycles. The van der Waals surface area contributed by atoms with Crippen LogP contribution in [0.2, 0.25) is 5.02 Å². The summed E-state index contributed by atoms with van der Waals surface area (Å²) >= 11 is 5.58. The number of hydrogen-bond acceptors (Lipinski definition) is 4. The summed E-state index contributed by atoms with van der Waals surface area (Å²) in [4.78, 5) is 0. The highest BCUT2D eigenvalue weighted by Crippen LogP contribution is 2.26. The Morgan fingerprint density at radius 2 is 2.06 bits per heavy atom. The number of halogens is 2. The quantitative estimate of drug-likeness (QED) is 0.557. The number of hydrogen-bond donors (Lipinski definition) is 3. The van der Waals surface area contributed by atoms with E-state index in [1.165, 1.54) is 6.07 Å². The van der Waals surface area contributed by atoms with Gasteiger partial charge in [-0.1, -0.05) is 11.6 Å². The van der Waals surface area contributed by atoms with Crippen molar-refractivity contribution in [2.75, 3.05) is 23.3 Å². The van der Waals surface area contributed by atoms with E-state index in [9.17, 15) is 12.8 Å². The van der Waals surface area contributed by atoms with Crippen molar-refractivity contribution >= 4 is 33.0 Å². The molecule has 0 saturated carbocycles. The minimum Gasteiger partial charge on any atom is -0.397 e. The largest absolute Gasteiger partial charge is 0.397 e. The first kappa shape index (κ1) is 14.0. The first-order chi connectivity index (χ1) is 7.79. The first-order valence-corrected chi connectivity index (χ1v) is 6.88. The average Bonchev–Trinajstić information content (AvgIpc) is 2.18. The zero-order chi connectivity index (χ0) is 13.1. The standard InChI is InChI=1S/C9H13ClFN3O2S/c10-6-4-9(8(12)5-7(6)11)14-2-1-3-17(13,15)16/h4-5,14H,1-3,12H2,(H2,13,15,16). The van der Waals surface area contributed by atoms with Gasteiger partial charge >= 0.3 is 0 Å². The number of nitrogen functional groups attached to an aromatic ring is 1. The summed E-state index contributed by atoms with van der Waals surface area (Å²) in [5, 5.41) is 7.65. The van der Waals surface area contributed by atoms with Crippen LogP contribution in [0.15, 0.2) is 12.1 Å². The van der Waals surface area contributed by atoms with Crippen molar-refractivity contribution in [3.63, 3.8) is 0 Å². The SMILES string of the molecule is Nc1cc(F)c(Cl)cc1NCCCS(N)(=O)=O. The van der Waals surface area contributed by atoms with E-state index in [1.54, 1.807) is 0 Å². The van der Waals surface area contributed by atoms with Gasteiger partial charge in [0.1, 0.15) is 5.82 Å². The Morgan fingerprint density at radius 1 is 1.41 bits per heavy atom.